The molecule has 2 amide bonds. The first-order valence-electron chi connectivity index (χ1n) is 16.3. The summed E-state index contributed by atoms with van der Waals surface area (Å²) in [6, 6.07) is 8.43. The van der Waals surface area contributed by atoms with Crippen LogP contribution in [-0.4, -0.2) is 59.5 Å². The van der Waals surface area contributed by atoms with Gasteiger partial charge in [0.2, 0.25) is 5.91 Å². The van der Waals surface area contributed by atoms with Gasteiger partial charge in [-0.3, -0.25) is 14.5 Å². The maximum atomic E-state index is 15.1. The number of rotatable bonds is 6. The number of hydrogen-bond acceptors (Lipinski definition) is 3. The molecule has 0 saturated carbocycles. The van der Waals surface area contributed by atoms with E-state index in [2.05, 4.69) is 11.4 Å². The van der Waals surface area contributed by atoms with Gasteiger partial charge in [-0.2, -0.15) is 13.2 Å². The molecular formula is C37H41F4N3O2. The summed E-state index contributed by atoms with van der Waals surface area (Å²) in [6.07, 6.45) is 6.16. The van der Waals surface area contributed by atoms with Gasteiger partial charge in [0.1, 0.15) is 11.9 Å². The lowest BCUT2D eigenvalue weighted by atomic mass is 9.77. The zero-order valence-electron chi connectivity index (χ0n) is 26.5. The summed E-state index contributed by atoms with van der Waals surface area (Å²) >= 11 is 0. The number of carbonyl (C=O) groups excluding carboxylic acids is 2. The predicted octanol–water partition coefficient (Wildman–Crippen LogP) is 7.73. The van der Waals surface area contributed by atoms with E-state index in [1.807, 2.05) is 50.3 Å². The van der Waals surface area contributed by atoms with E-state index in [0.29, 0.717) is 43.6 Å². The van der Waals surface area contributed by atoms with Crippen LogP contribution in [0.3, 0.4) is 0 Å². The van der Waals surface area contributed by atoms with Gasteiger partial charge in [0.05, 0.1) is 17.5 Å². The monoisotopic (exact) mass is 635 g/mol. The number of likely N-dealkylation sites (tertiary alicyclic amines) is 2. The molecule has 2 aliphatic heterocycles. The van der Waals surface area contributed by atoms with E-state index in [4.69, 9.17) is 0 Å². The number of aryl methyl sites for hydroxylation is 1. The molecule has 2 fully saturated rings. The van der Waals surface area contributed by atoms with Crippen LogP contribution in [0.4, 0.5) is 23.2 Å². The summed E-state index contributed by atoms with van der Waals surface area (Å²) in [5.41, 5.74) is 5.50. The highest BCUT2D eigenvalue weighted by atomic mass is 19.4. The van der Waals surface area contributed by atoms with Crippen molar-refractivity contribution in [2.45, 2.75) is 71.1 Å². The lowest BCUT2D eigenvalue weighted by Crippen LogP contribution is -2.55. The van der Waals surface area contributed by atoms with E-state index in [9.17, 15) is 22.8 Å². The van der Waals surface area contributed by atoms with Gasteiger partial charge in [-0.05, 0) is 97.9 Å². The largest absolute Gasteiger partial charge is 0.404 e. The maximum absolute atomic E-state index is 15.1. The molecule has 5 atom stereocenters. The van der Waals surface area contributed by atoms with Crippen molar-refractivity contribution in [3.8, 4) is 0 Å². The fraction of sp³-hybridized carbons (Fsp3) is 0.459. The minimum atomic E-state index is -4.28. The molecule has 6 rings (SSSR count). The summed E-state index contributed by atoms with van der Waals surface area (Å²) in [5, 5.41) is 3.10. The molecule has 2 aromatic carbocycles. The summed E-state index contributed by atoms with van der Waals surface area (Å²) in [6.45, 7) is 6.54. The Bertz CT molecular complexity index is 1590. The molecule has 2 unspecified atom stereocenters. The van der Waals surface area contributed by atoms with Crippen molar-refractivity contribution < 1.29 is 27.2 Å². The van der Waals surface area contributed by atoms with Crippen LogP contribution in [-0.2, 0) is 11.2 Å². The maximum Gasteiger partial charge on any atom is 0.404 e. The molecule has 1 N–H and O–H groups in total. The number of piperidine rings is 1. The minimum absolute atomic E-state index is 0.00630. The number of nitrogens with zero attached hydrogens (tertiary/aromatic N) is 2. The third-order valence-corrected chi connectivity index (χ3v) is 10.2. The Morgan fingerprint density at radius 1 is 1.09 bits per heavy atom. The average molecular weight is 636 g/mol. The standard InChI is InChI=1S/C37H41F4N3O2/c1-22-18-32(37(39,40)41)43(20-22)21-25-10-13-27(14-11-25)34-29(35(45)42-28-16-15-26-12-9-23(2)30(26)19-28)7-5-17-44(34)36(46)33-24(3)6-4-8-31(33)38/h4,6,8-11,13,15-16,19,22,27,29,32,34H,5,7,12,14,17-18,20-21H2,1-3H3,(H,42,45)/t22-,27?,29+,32?,34+/m1/s1. The topological polar surface area (TPSA) is 52.7 Å². The molecule has 0 spiro atoms. The van der Waals surface area contributed by atoms with E-state index in [1.54, 1.807) is 24.0 Å². The lowest BCUT2D eigenvalue weighted by molar-refractivity contribution is -0.174. The van der Waals surface area contributed by atoms with Crippen LogP contribution in [0, 0.1) is 30.5 Å². The summed E-state index contributed by atoms with van der Waals surface area (Å²) in [5.74, 6) is -2.11. The van der Waals surface area contributed by atoms with Crippen LogP contribution in [0.1, 0.15) is 66.6 Å². The van der Waals surface area contributed by atoms with Crippen molar-refractivity contribution in [3.63, 3.8) is 0 Å². The first-order valence-corrected chi connectivity index (χ1v) is 16.3. The lowest BCUT2D eigenvalue weighted by Gasteiger charge is -2.44. The fourth-order valence-corrected chi connectivity index (χ4v) is 7.86. The van der Waals surface area contributed by atoms with Crippen molar-refractivity contribution in [2.24, 2.45) is 17.8 Å². The van der Waals surface area contributed by atoms with E-state index in [-0.39, 0.29) is 36.3 Å². The van der Waals surface area contributed by atoms with Gasteiger partial charge in [0.25, 0.3) is 5.91 Å². The number of benzene rings is 2. The van der Waals surface area contributed by atoms with Gasteiger partial charge < -0.3 is 10.2 Å². The molecule has 2 aliphatic carbocycles. The van der Waals surface area contributed by atoms with Gasteiger partial charge in [0, 0.05) is 31.2 Å². The third-order valence-electron chi connectivity index (χ3n) is 10.2. The second-order valence-electron chi connectivity index (χ2n) is 13.5. The van der Waals surface area contributed by atoms with Crippen LogP contribution < -0.4 is 5.32 Å². The molecule has 46 heavy (non-hydrogen) atoms. The first-order chi connectivity index (χ1) is 21.9. The quantitative estimate of drug-likeness (QED) is 0.331. The van der Waals surface area contributed by atoms with Crippen LogP contribution in [0.15, 0.2) is 66.3 Å². The summed E-state index contributed by atoms with van der Waals surface area (Å²) in [4.78, 5) is 31.2. The van der Waals surface area contributed by atoms with E-state index < -0.39 is 35.9 Å². The number of anilines is 1. The highest BCUT2D eigenvalue weighted by Crippen LogP contribution is 2.39. The summed E-state index contributed by atoms with van der Waals surface area (Å²) in [7, 11) is 0. The predicted molar refractivity (Wildman–Crippen MR) is 172 cm³/mol. The molecule has 2 saturated heterocycles. The molecule has 0 radical (unpaired) electrons. The van der Waals surface area contributed by atoms with Gasteiger partial charge in [-0.25, -0.2) is 4.39 Å². The minimum Gasteiger partial charge on any atom is -0.334 e. The normalized spacial score (nSPS) is 26.5. The van der Waals surface area contributed by atoms with Gasteiger partial charge in [0.15, 0.2) is 0 Å². The fourth-order valence-electron chi connectivity index (χ4n) is 7.86. The van der Waals surface area contributed by atoms with Crippen molar-refractivity contribution >= 4 is 23.1 Å². The van der Waals surface area contributed by atoms with Crippen LogP contribution in [0.5, 0.6) is 0 Å². The van der Waals surface area contributed by atoms with E-state index in [0.717, 1.165) is 17.6 Å². The molecule has 5 nitrogen and oxygen atoms in total. The van der Waals surface area contributed by atoms with Gasteiger partial charge in [-0.15, -0.1) is 0 Å². The Labute approximate surface area is 268 Å². The molecule has 9 heteroatoms. The number of amides is 2. The Hall–Kier alpha value is -3.72. The molecule has 4 aliphatic rings. The smallest absolute Gasteiger partial charge is 0.334 e. The molecule has 0 bridgehead atoms. The highest BCUT2D eigenvalue weighted by molar-refractivity contribution is 5.98. The molecule has 0 aromatic heterocycles. The van der Waals surface area contributed by atoms with E-state index in [1.165, 1.54) is 22.1 Å². The number of nitrogens with one attached hydrogen (secondary N) is 1. The van der Waals surface area contributed by atoms with Crippen LogP contribution in [0.2, 0.25) is 0 Å². The average Bonchev–Trinajstić information content (AvgIpc) is 3.58. The van der Waals surface area contributed by atoms with Crippen molar-refractivity contribution in [1.29, 1.82) is 0 Å². The first kappa shape index (κ1) is 32.2. The Morgan fingerprint density at radius 2 is 1.89 bits per heavy atom. The number of carbonyl (C=O) groups is 2. The number of hydrogen-bond donors (Lipinski definition) is 1. The molecule has 2 aromatic rings. The zero-order chi connectivity index (χ0) is 32.7. The molecular weight excluding hydrogens is 594 g/mol. The van der Waals surface area contributed by atoms with E-state index >= 15 is 4.39 Å². The third kappa shape index (κ3) is 6.43. The SMILES string of the molecule is CC1=CCc2ccc(NC(=O)[C@H]3CCCN(C(=O)c4c(C)cccc4F)[C@H]3C3C=CC(CN4C[C@H](C)CC4C(F)(F)F)=CC3)cc21. The van der Waals surface area contributed by atoms with Crippen LogP contribution in [0.25, 0.3) is 5.57 Å². The van der Waals surface area contributed by atoms with Gasteiger partial charge >= 0.3 is 6.18 Å². The molecule has 244 valence electrons. The van der Waals surface area contributed by atoms with Crippen molar-refractivity contribution in [1.82, 2.24) is 9.80 Å². The Balaban J connectivity index is 1.26. The molecule has 2 heterocycles. The highest BCUT2D eigenvalue weighted by Gasteiger charge is 2.48. The van der Waals surface area contributed by atoms with Crippen molar-refractivity contribution in [3.05, 3.63) is 94.3 Å². The number of allylic oxidation sites excluding steroid dienone is 3. The Morgan fingerprint density at radius 3 is 2.61 bits per heavy atom. The van der Waals surface area contributed by atoms with Gasteiger partial charge in [-0.1, -0.05) is 49.4 Å². The van der Waals surface area contributed by atoms with Crippen LogP contribution >= 0.6 is 0 Å². The second-order valence-corrected chi connectivity index (χ2v) is 13.5. The summed E-state index contributed by atoms with van der Waals surface area (Å²) < 4.78 is 56.3. The second kappa shape index (κ2) is 12.8. The number of alkyl halides is 3. The zero-order valence-corrected chi connectivity index (χ0v) is 26.5. The van der Waals surface area contributed by atoms with Crippen molar-refractivity contribution in [2.75, 3.05) is 25.0 Å². The Kier molecular flexibility index (Phi) is 8.98. The number of halogens is 4. The number of fused-ring (bicyclic) bond motifs is 1.